The number of hydrogen-bond acceptors (Lipinski definition) is 7. The highest BCUT2D eigenvalue weighted by Gasteiger charge is 2.39. The summed E-state index contributed by atoms with van der Waals surface area (Å²) in [5.41, 5.74) is 4.78. The average molecular weight is 529 g/mol. The van der Waals surface area contributed by atoms with E-state index in [1.54, 1.807) is 0 Å². The number of carbonyl (C=O) groups is 1. The van der Waals surface area contributed by atoms with Crippen LogP contribution in [0.15, 0.2) is 48.8 Å². The van der Waals surface area contributed by atoms with Gasteiger partial charge in [-0.2, -0.15) is 0 Å². The maximum absolute atomic E-state index is 12.4. The summed E-state index contributed by atoms with van der Waals surface area (Å²) in [5.74, 6) is 1.10. The van der Waals surface area contributed by atoms with Gasteiger partial charge in [-0.05, 0) is 100 Å². The number of rotatable bonds is 10. The largest absolute Gasteiger partial charge is 0.465 e. The van der Waals surface area contributed by atoms with Gasteiger partial charge >= 0.3 is 5.97 Å². The first-order chi connectivity index (χ1) is 18.8. The molecule has 39 heavy (non-hydrogen) atoms. The average Bonchev–Trinajstić information content (AvgIpc) is 3.79. The Balaban J connectivity index is 1.24. The van der Waals surface area contributed by atoms with E-state index in [-0.39, 0.29) is 17.8 Å². The highest BCUT2D eigenvalue weighted by Crippen LogP contribution is 2.41. The number of pyridine rings is 1. The second kappa shape index (κ2) is 11.8. The Morgan fingerprint density at radius 3 is 2.54 bits per heavy atom. The minimum absolute atomic E-state index is 0.0525. The van der Waals surface area contributed by atoms with Gasteiger partial charge in [-0.25, -0.2) is 9.97 Å². The molecule has 2 heterocycles. The standard InChI is InChI=1S/C32H40N4O3/c1-4-5-16-39-30(37)23-8-11-26(12-9-23)32(3,38)29-13-10-24(20-34-29)25-17-21(2)18-27(19-25)35-31-33-15-14-28(36-31)22-6-7-22/h10,13-15,17-20,22-23,26,38H,4-9,11-12,16H2,1-3H3,(H,33,35,36). The smallest absolute Gasteiger partial charge is 0.308 e. The monoisotopic (exact) mass is 528 g/mol. The van der Waals surface area contributed by atoms with Gasteiger partial charge in [0.2, 0.25) is 5.95 Å². The van der Waals surface area contributed by atoms with E-state index in [2.05, 4.69) is 47.3 Å². The molecule has 1 atom stereocenters. The van der Waals surface area contributed by atoms with E-state index in [0.717, 1.165) is 66.6 Å². The number of carbonyl (C=O) groups excluding carboxylic acids is 1. The van der Waals surface area contributed by atoms with Crippen LogP contribution in [0.4, 0.5) is 11.6 Å². The van der Waals surface area contributed by atoms with Crippen molar-refractivity contribution in [1.29, 1.82) is 0 Å². The normalized spacial score (nSPS) is 20.7. The SMILES string of the molecule is CCCCOC(=O)C1CCC(C(C)(O)c2ccc(-c3cc(C)cc(Nc4nccc(C5CC5)n4)c3)cn2)CC1. The van der Waals surface area contributed by atoms with Crippen LogP contribution in [-0.4, -0.2) is 32.6 Å². The molecule has 2 aliphatic rings. The highest BCUT2D eigenvalue weighted by atomic mass is 16.5. The predicted octanol–water partition coefficient (Wildman–Crippen LogP) is 6.83. The second-order valence-electron chi connectivity index (χ2n) is 11.4. The molecule has 0 aliphatic heterocycles. The van der Waals surface area contributed by atoms with Crippen molar-refractivity contribution in [2.24, 2.45) is 11.8 Å². The van der Waals surface area contributed by atoms with E-state index >= 15 is 0 Å². The molecule has 2 fully saturated rings. The van der Waals surface area contributed by atoms with E-state index in [0.29, 0.717) is 24.2 Å². The van der Waals surface area contributed by atoms with Crippen LogP contribution in [0.25, 0.3) is 11.1 Å². The summed E-state index contributed by atoms with van der Waals surface area (Å²) < 4.78 is 5.42. The molecule has 0 amide bonds. The van der Waals surface area contributed by atoms with E-state index in [4.69, 9.17) is 9.72 Å². The number of aryl methyl sites for hydroxylation is 1. The topological polar surface area (TPSA) is 97.2 Å². The van der Waals surface area contributed by atoms with Crippen molar-refractivity contribution in [3.8, 4) is 11.1 Å². The minimum Gasteiger partial charge on any atom is -0.465 e. The van der Waals surface area contributed by atoms with Gasteiger partial charge in [-0.1, -0.05) is 25.5 Å². The van der Waals surface area contributed by atoms with Gasteiger partial charge in [0, 0.05) is 35.3 Å². The van der Waals surface area contributed by atoms with Crippen molar-refractivity contribution < 1.29 is 14.6 Å². The number of benzene rings is 1. The molecule has 3 aromatic rings. The lowest BCUT2D eigenvalue weighted by Crippen LogP contribution is -2.37. The zero-order chi connectivity index (χ0) is 27.4. The zero-order valence-corrected chi connectivity index (χ0v) is 23.3. The van der Waals surface area contributed by atoms with E-state index in [9.17, 15) is 9.90 Å². The third kappa shape index (κ3) is 6.64. The molecular weight excluding hydrogens is 488 g/mol. The number of aliphatic hydroxyl groups is 1. The van der Waals surface area contributed by atoms with Crippen molar-refractivity contribution in [1.82, 2.24) is 15.0 Å². The number of hydrogen-bond donors (Lipinski definition) is 2. The van der Waals surface area contributed by atoms with Crippen molar-refractivity contribution in [3.63, 3.8) is 0 Å². The second-order valence-corrected chi connectivity index (χ2v) is 11.4. The lowest BCUT2D eigenvalue weighted by atomic mass is 9.73. The zero-order valence-electron chi connectivity index (χ0n) is 23.3. The Kier molecular flexibility index (Phi) is 8.26. The molecule has 2 aromatic heterocycles. The first-order valence-electron chi connectivity index (χ1n) is 14.4. The van der Waals surface area contributed by atoms with Gasteiger partial charge in [-0.3, -0.25) is 9.78 Å². The maximum Gasteiger partial charge on any atom is 0.308 e. The summed E-state index contributed by atoms with van der Waals surface area (Å²) in [6, 6.07) is 12.2. The molecule has 0 saturated heterocycles. The molecule has 0 radical (unpaired) electrons. The lowest BCUT2D eigenvalue weighted by Gasteiger charge is -2.37. The van der Waals surface area contributed by atoms with E-state index in [1.807, 2.05) is 37.5 Å². The van der Waals surface area contributed by atoms with Crippen LogP contribution in [0, 0.1) is 18.8 Å². The molecule has 1 unspecified atom stereocenters. The Bertz CT molecular complexity index is 1280. The summed E-state index contributed by atoms with van der Waals surface area (Å²) in [6.45, 7) is 6.51. The fraction of sp³-hybridized carbons (Fsp3) is 0.500. The number of ether oxygens (including phenoxy) is 1. The van der Waals surface area contributed by atoms with Crippen LogP contribution in [-0.2, 0) is 15.1 Å². The summed E-state index contributed by atoms with van der Waals surface area (Å²) in [6.07, 6.45) is 11.0. The molecule has 1 aromatic carbocycles. The number of aromatic nitrogens is 3. The van der Waals surface area contributed by atoms with E-state index < -0.39 is 5.60 Å². The summed E-state index contributed by atoms with van der Waals surface area (Å²) in [5, 5.41) is 14.9. The fourth-order valence-electron chi connectivity index (χ4n) is 5.59. The number of nitrogens with one attached hydrogen (secondary N) is 1. The molecular formula is C32H40N4O3. The van der Waals surface area contributed by atoms with Gasteiger partial charge < -0.3 is 15.2 Å². The van der Waals surface area contributed by atoms with Crippen molar-refractivity contribution >= 4 is 17.6 Å². The van der Waals surface area contributed by atoms with Crippen molar-refractivity contribution in [2.45, 2.75) is 83.7 Å². The first kappa shape index (κ1) is 27.3. The summed E-state index contributed by atoms with van der Waals surface area (Å²) >= 11 is 0. The van der Waals surface area contributed by atoms with Crippen LogP contribution in [0.2, 0.25) is 0 Å². The minimum atomic E-state index is -1.06. The molecule has 2 saturated carbocycles. The summed E-state index contributed by atoms with van der Waals surface area (Å²) in [7, 11) is 0. The fourth-order valence-corrected chi connectivity index (χ4v) is 5.59. The maximum atomic E-state index is 12.4. The van der Waals surface area contributed by atoms with Crippen LogP contribution in [0.1, 0.15) is 88.1 Å². The number of nitrogens with zero attached hydrogens (tertiary/aromatic N) is 3. The molecule has 2 aliphatic carbocycles. The first-order valence-corrected chi connectivity index (χ1v) is 14.4. The molecule has 5 rings (SSSR count). The molecule has 7 nitrogen and oxygen atoms in total. The Morgan fingerprint density at radius 1 is 1.05 bits per heavy atom. The van der Waals surface area contributed by atoms with Crippen LogP contribution >= 0.6 is 0 Å². The number of anilines is 2. The third-order valence-electron chi connectivity index (χ3n) is 8.22. The van der Waals surface area contributed by atoms with Gasteiger partial charge in [0.1, 0.15) is 5.60 Å². The lowest BCUT2D eigenvalue weighted by molar-refractivity contribution is -0.151. The van der Waals surface area contributed by atoms with Crippen LogP contribution in [0.5, 0.6) is 0 Å². The van der Waals surface area contributed by atoms with Crippen LogP contribution in [0.3, 0.4) is 0 Å². The highest BCUT2D eigenvalue weighted by molar-refractivity contribution is 5.72. The quantitative estimate of drug-likeness (QED) is 0.220. The number of unbranched alkanes of at least 4 members (excludes halogenated alkanes) is 1. The number of esters is 1. The Labute approximate surface area is 231 Å². The Morgan fingerprint density at radius 2 is 1.85 bits per heavy atom. The third-order valence-corrected chi connectivity index (χ3v) is 8.22. The van der Waals surface area contributed by atoms with Gasteiger partial charge in [0.05, 0.1) is 18.2 Å². The molecule has 0 bridgehead atoms. The predicted molar refractivity (Wildman–Crippen MR) is 153 cm³/mol. The van der Waals surface area contributed by atoms with Gasteiger partial charge in [0.15, 0.2) is 0 Å². The van der Waals surface area contributed by atoms with Crippen LogP contribution < -0.4 is 5.32 Å². The molecule has 7 heteroatoms. The van der Waals surface area contributed by atoms with E-state index in [1.165, 1.54) is 12.8 Å². The summed E-state index contributed by atoms with van der Waals surface area (Å²) in [4.78, 5) is 26.1. The van der Waals surface area contributed by atoms with Gasteiger partial charge in [0.25, 0.3) is 0 Å². The molecule has 0 spiro atoms. The Hall–Kier alpha value is -3.32. The molecule has 2 N–H and O–H groups in total. The van der Waals surface area contributed by atoms with Crippen molar-refractivity contribution in [3.05, 3.63) is 65.7 Å². The van der Waals surface area contributed by atoms with Crippen molar-refractivity contribution in [2.75, 3.05) is 11.9 Å². The molecule has 206 valence electrons. The van der Waals surface area contributed by atoms with Gasteiger partial charge in [-0.15, -0.1) is 0 Å².